The molecular formula is C16H13BrN2O2S. The topological polar surface area (TPSA) is 49.4 Å². The van der Waals surface area contributed by atoms with Crippen molar-refractivity contribution in [1.29, 1.82) is 0 Å². The summed E-state index contributed by atoms with van der Waals surface area (Å²) in [5.41, 5.74) is 2.51. The van der Waals surface area contributed by atoms with Gasteiger partial charge in [-0.05, 0) is 60.6 Å². The van der Waals surface area contributed by atoms with Gasteiger partial charge >= 0.3 is 0 Å². The third-order valence-corrected chi connectivity index (χ3v) is 4.71. The predicted molar refractivity (Wildman–Crippen MR) is 93.2 cm³/mol. The summed E-state index contributed by atoms with van der Waals surface area (Å²) >= 11 is 4.34. The van der Waals surface area contributed by atoms with Gasteiger partial charge < -0.3 is 5.32 Å². The molecule has 1 atom stereocenters. The molecule has 22 heavy (non-hydrogen) atoms. The summed E-state index contributed by atoms with van der Waals surface area (Å²) in [6.45, 7) is 1.98. The molecule has 1 heterocycles. The number of halogens is 1. The van der Waals surface area contributed by atoms with Crippen LogP contribution in [-0.2, 0) is 4.79 Å². The van der Waals surface area contributed by atoms with E-state index in [1.165, 1.54) is 4.90 Å². The first kappa shape index (κ1) is 15.1. The minimum absolute atomic E-state index is 0.251. The maximum atomic E-state index is 12.5. The number of nitrogens with zero attached hydrogens (tertiary/aromatic N) is 1. The normalized spacial score (nSPS) is 17.9. The molecule has 1 saturated heterocycles. The Morgan fingerprint density at radius 2 is 1.86 bits per heavy atom. The maximum Gasteiger partial charge on any atom is 0.295 e. The fourth-order valence-electron chi connectivity index (χ4n) is 2.21. The molecule has 4 nitrogen and oxygen atoms in total. The molecule has 0 radical (unpaired) electrons. The van der Waals surface area contributed by atoms with Gasteiger partial charge in [-0.15, -0.1) is 0 Å². The number of rotatable bonds is 3. The summed E-state index contributed by atoms with van der Waals surface area (Å²) < 4.78 is 0.900. The monoisotopic (exact) mass is 376 g/mol. The van der Waals surface area contributed by atoms with E-state index in [2.05, 4.69) is 21.2 Å². The molecule has 0 aliphatic carbocycles. The van der Waals surface area contributed by atoms with Crippen molar-refractivity contribution < 1.29 is 9.59 Å². The number of anilines is 2. The van der Waals surface area contributed by atoms with Crippen LogP contribution in [0.1, 0.15) is 5.56 Å². The summed E-state index contributed by atoms with van der Waals surface area (Å²) in [6.07, 6.45) is 0. The Balaban J connectivity index is 1.81. The van der Waals surface area contributed by atoms with Gasteiger partial charge in [0.1, 0.15) is 0 Å². The highest BCUT2D eigenvalue weighted by molar-refractivity contribution is 9.10. The van der Waals surface area contributed by atoms with Crippen LogP contribution in [0.2, 0.25) is 0 Å². The standard InChI is InChI=1S/C16H13BrN2O2S/c1-10-3-2-4-12(9-10)18-14-15(20)19(16(21)22-14)13-7-5-11(17)6-8-13/h2-9,14,18H,1H3/t14-/m0/s1. The molecule has 2 amide bonds. The first-order valence-corrected chi connectivity index (χ1v) is 8.35. The second-order valence-electron chi connectivity index (χ2n) is 4.93. The maximum absolute atomic E-state index is 12.5. The Morgan fingerprint density at radius 1 is 1.14 bits per heavy atom. The van der Waals surface area contributed by atoms with Crippen LogP contribution in [0.25, 0.3) is 0 Å². The fraction of sp³-hybridized carbons (Fsp3) is 0.125. The van der Waals surface area contributed by atoms with Crippen LogP contribution >= 0.6 is 27.7 Å². The molecular weight excluding hydrogens is 364 g/mol. The van der Waals surface area contributed by atoms with Crippen molar-refractivity contribution in [3.05, 3.63) is 58.6 Å². The number of nitrogens with one attached hydrogen (secondary N) is 1. The number of hydrogen-bond donors (Lipinski definition) is 1. The lowest BCUT2D eigenvalue weighted by atomic mass is 10.2. The first-order valence-electron chi connectivity index (χ1n) is 6.68. The van der Waals surface area contributed by atoms with Gasteiger partial charge in [0.15, 0.2) is 5.37 Å². The summed E-state index contributed by atoms with van der Waals surface area (Å²) in [4.78, 5) is 25.9. The van der Waals surface area contributed by atoms with Crippen molar-refractivity contribution >= 4 is 50.2 Å². The largest absolute Gasteiger partial charge is 0.365 e. The molecule has 1 fully saturated rings. The Bertz CT molecular complexity index is 733. The summed E-state index contributed by atoms with van der Waals surface area (Å²) in [6, 6.07) is 14.8. The molecule has 0 unspecified atom stereocenters. The number of carbonyl (C=O) groups is 2. The summed E-state index contributed by atoms with van der Waals surface area (Å²) in [7, 11) is 0. The van der Waals surface area contributed by atoms with Crippen LogP contribution in [0.4, 0.5) is 16.2 Å². The van der Waals surface area contributed by atoms with Crippen molar-refractivity contribution in [2.75, 3.05) is 10.2 Å². The van der Waals surface area contributed by atoms with Crippen LogP contribution in [0.5, 0.6) is 0 Å². The molecule has 1 aliphatic rings. The van der Waals surface area contributed by atoms with Crippen LogP contribution in [0, 0.1) is 6.92 Å². The SMILES string of the molecule is Cc1cccc(N[C@H]2SC(=O)N(c3ccc(Br)cc3)C2=O)c1. The lowest BCUT2D eigenvalue weighted by molar-refractivity contribution is -0.116. The van der Waals surface area contributed by atoms with E-state index in [1.807, 2.05) is 43.3 Å². The van der Waals surface area contributed by atoms with Gasteiger partial charge in [-0.1, -0.05) is 28.1 Å². The molecule has 2 aromatic carbocycles. The van der Waals surface area contributed by atoms with Crippen LogP contribution in [0.3, 0.4) is 0 Å². The highest BCUT2D eigenvalue weighted by Crippen LogP contribution is 2.33. The van der Waals surface area contributed by atoms with Crippen LogP contribution in [-0.4, -0.2) is 16.5 Å². The number of benzene rings is 2. The number of imide groups is 1. The van der Waals surface area contributed by atoms with Crippen LogP contribution < -0.4 is 10.2 Å². The highest BCUT2D eigenvalue weighted by atomic mass is 79.9. The highest BCUT2D eigenvalue weighted by Gasteiger charge is 2.40. The van der Waals surface area contributed by atoms with Crippen molar-refractivity contribution in [1.82, 2.24) is 0 Å². The van der Waals surface area contributed by atoms with E-state index in [1.54, 1.807) is 12.1 Å². The molecule has 0 saturated carbocycles. The molecule has 3 rings (SSSR count). The molecule has 0 bridgehead atoms. The summed E-state index contributed by atoms with van der Waals surface area (Å²) in [5, 5.41) is 2.25. The van der Waals surface area contributed by atoms with Gasteiger partial charge in [-0.3, -0.25) is 9.59 Å². The molecule has 1 N–H and O–H groups in total. The average molecular weight is 377 g/mol. The summed E-state index contributed by atoms with van der Waals surface area (Å²) in [5.74, 6) is -0.251. The molecule has 1 aliphatic heterocycles. The van der Waals surface area contributed by atoms with Crippen molar-refractivity contribution in [2.24, 2.45) is 0 Å². The Kier molecular flexibility index (Phi) is 4.22. The minimum atomic E-state index is -0.599. The van der Waals surface area contributed by atoms with Gasteiger partial charge in [0, 0.05) is 10.2 Å². The zero-order valence-corrected chi connectivity index (χ0v) is 14.1. The zero-order valence-electron chi connectivity index (χ0n) is 11.7. The van der Waals surface area contributed by atoms with E-state index in [4.69, 9.17) is 0 Å². The third kappa shape index (κ3) is 3.03. The smallest absolute Gasteiger partial charge is 0.295 e. The van der Waals surface area contributed by atoms with E-state index in [9.17, 15) is 9.59 Å². The van der Waals surface area contributed by atoms with E-state index >= 15 is 0 Å². The van der Waals surface area contributed by atoms with Crippen molar-refractivity contribution in [2.45, 2.75) is 12.3 Å². The molecule has 2 aromatic rings. The van der Waals surface area contributed by atoms with Crippen LogP contribution in [0.15, 0.2) is 53.0 Å². The van der Waals surface area contributed by atoms with Gasteiger partial charge in [-0.2, -0.15) is 0 Å². The van der Waals surface area contributed by atoms with Crippen molar-refractivity contribution in [3.63, 3.8) is 0 Å². The van der Waals surface area contributed by atoms with Gasteiger partial charge in [-0.25, -0.2) is 4.90 Å². The van der Waals surface area contributed by atoms with Gasteiger partial charge in [0.2, 0.25) is 0 Å². The molecule has 6 heteroatoms. The number of amides is 2. The predicted octanol–water partition coefficient (Wildman–Crippen LogP) is 4.40. The molecule has 0 spiro atoms. The second kappa shape index (κ2) is 6.14. The lowest BCUT2D eigenvalue weighted by Crippen LogP contribution is -2.34. The second-order valence-corrected chi connectivity index (χ2v) is 6.90. The van der Waals surface area contributed by atoms with Gasteiger partial charge in [0.25, 0.3) is 11.1 Å². The van der Waals surface area contributed by atoms with E-state index in [-0.39, 0.29) is 11.1 Å². The Labute approximate surface area is 141 Å². The number of thioether (sulfide) groups is 1. The third-order valence-electron chi connectivity index (χ3n) is 3.25. The van der Waals surface area contributed by atoms with E-state index in [0.717, 1.165) is 27.5 Å². The average Bonchev–Trinajstić information content (AvgIpc) is 2.75. The van der Waals surface area contributed by atoms with Gasteiger partial charge in [0.05, 0.1) is 5.69 Å². The number of carbonyl (C=O) groups excluding carboxylic acids is 2. The Hall–Kier alpha value is -1.79. The minimum Gasteiger partial charge on any atom is -0.365 e. The number of hydrogen-bond acceptors (Lipinski definition) is 4. The number of aryl methyl sites for hydroxylation is 1. The first-order chi connectivity index (χ1) is 10.5. The Morgan fingerprint density at radius 3 is 2.55 bits per heavy atom. The zero-order chi connectivity index (χ0) is 15.7. The quantitative estimate of drug-likeness (QED) is 0.862. The fourth-order valence-corrected chi connectivity index (χ4v) is 3.38. The van der Waals surface area contributed by atoms with Crippen molar-refractivity contribution in [3.8, 4) is 0 Å². The lowest BCUT2D eigenvalue weighted by Gasteiger charge is -2.15. The molecule has 0 aromatic heterocycles. The van der Waals surface area contributed by atoms with E-state index < -0.39 is 5.37 Å². The molecule has 112 valence electrons. The van der Waals surface area contributed by atoms with E-state index in [0.29, 0.717) is 5.69 Å².